The van der Waals surface area contributed by atoms with E-state index in [0.29, 0.717) is 48.4 Å². The van der Waals surface area contributed by atoms with E-state index in [2.05, 4.69) is 0 Å². The van der Waals surface area contributed by atoms with Gasteiger partial charge in [0.25, 0.3) is 5.56 Å². The molecule has 3 aromatic rings. The maximum absolute atomic E-state index is 13.9. The van der Waals surface area contributed by atoms with E-state index < -0.39 is 27.7 Å². The van der Waals surface area contributed by atoms with Gasteiger partial charge in [0.15, 0.2) is 5.60 Å². The third kappa shape index (κ3) is 3.36. The number of para-hydroxylation sites is 1. The first kappa shape index (κ1) is 25.2. The van der Waals surface area contributed by atoms with Gasteiger partial charge in [-0.1, -0.05) is 25.1 Å². The van der Waals surface area contributed by atoms with Crippen molar-refractivity contribution < 1.29 is 22.7 Å². The number of rotatable bonds is 6. The zero-order chi connectivity index (χ0) is 27.1. The van der Waals surface area contributed by atoms with Crippen molar-refractivity contribution in [3.05, 3.63) is 62.4 Å². The molecule has 3 aliphatic rings. The Balaban J connectivity index is 1.60. The van der Waals surface area contributed by atoms with E-state index in [1.165, 1.54) is 10.6 Å². The Morgan fingerprint density at radius 1 is 1.21 bits per heavy atom. The normalized spacial score (nSPS) is 21.7. The highest BCUT2D eigenvalue weighted by atomic mass is 32.2. The molecule has 0 aliphatic carbocycles. The summed E-state index contributed by atoms with van der Waals surface area (Å²) in [7, 11) is -3.40. The Kier molecular flexibility index (Phi) is 5.61. The van der Waals surface area contributed by atoms with Crippen molar-refractivity contribution in [1.29, 1.82) is 0 Å². The summed E-state index contributed by atoms with van der Waals surface area (Å²) in [6.07, 6.45) is 1.63. The second kappa shape index (κ2) is 8.46. The topological polar surface area (TPSA) is 108 Å². The minimum absolute atomic E-state index is 0.0750. The number of fused-ring (bicyclic) bond motifs is 5. The van der Waals surface area contributed by atoms with E-state index in [0.717, 1.165) is 27.6 Å². The first-order valence-corrected chi connectivity index (χ1v) is 14.9. The van der Waals surface area contributed by atoms with Crippen LogP contribution in [-0.2, 0) is 49.5 Å². The first-order valence-electron chi connectivity index (χ1n) is 13.0. The summed E-state index contributed by atoms with van der Waals surface area (Å²) in [5, 5.41) is 0.941. The first-order chi connectivity index (χ1) is 18.0. The highest BCUT2D eigenvalue weighted by molar-refractivity contribution is 7.88. The van der Waals surface area contributed by atoms with Crippen LogP contribution < -0.4 is 5.56 Å². The molecule has 0 spiro atoms. The zero-order valence-corrected chi connectivity index (χ0v) is 23.0. The lowest BCUT2D eigenvalue weighted by molar-refractivity contribution is -0.182. The lowest BCUT2D eigenvalue weighted by Crippen LogP contribution is -2.43. The van der Waals surface area contributed by atoms with Crippen LogP contribution in [0.25, 0.3) is 22.3 Å². The maximum atomic E-state index is 13.9. The van der Waals surface area contributed by atoms with Crippen LogP contribution in [0.1, 0.15) is 68.0 Å². The molecule has 0 saturated carbocycles. The molecule has 0 amide bonds. The van der Waals surface area contributed by atoms with Gasteiger partial charge in [0.2, 0.25) is 10.0 Å². The standard InChI is InChI=1S/C28H31N3O6S/c1-6-28-23-20(14-36-27(28)33)26(32)30-13-19-17(11-12-31(15(2)3)38(5,34)35)18-9-7-8-10-21(18)29-24(19)25(30)22(23)16(4)37-28/h7-10,15-16H,6,11-14H2,1-5H3/t16?,28-/m0/s1. The van der Waals surface area contributed by atoms with Gasteiger partial charge in [0, 0.05) is 34.7 Å². The summed E-state index contributed by atoms with van der Waals surface area (Å²) < 4.78 is 39.9. The SMILES string of the molecule is CC[C@]12OC(C)c3c1c(c(=O)n1c3-c3nc4ccccc4c(CCN(C(C)C)S(C)(=O)=O)c3C1)COC2=O. The molecule has 1 unspecified atom stereocenters. The summed E-state index contributed by atoms with van der Waals surface area (Å²) in [6.45, 7) is 8.04. The van der Waals surface area contributed by atoms with Crippen LogP contribution in [0.4, 0.5) is 0 Å². The Hall–Kier alpha value is -3.08. The van der Waals surface area contributed by atoms with Crippen molar-refractivity contribution in [3.8, 4) is 11.4 Å². The number of carbonyl (C=O) groups excluding carboxylic acids is 1. The fraction of sp³-hybridized carbons (Fsp3) is 0.464. The molecule has 3 aliphatic heterocycles. The number of benzene rings is 1. The third-order valence-corrected chi connectivity index (χ3v) is 9.66. The Morgan fingerprint density at radius 3 is 2.63 bits per heavy atom. The Morgan fingerprint density at radius 2 is 1.95 bits per heavy atom. The average Bonchev–Trinajstić information content (AvgIpc) is 3.38. The molecule has 0 N–H and O–H groups in total. The minimum Gasteiger partial charge on any atom is -0.458 e. The maximum Gasteiger partial charge on any atom is 0.343 e. The number of hydrogen-bond donors (Lipinski definition) is 0. The highest BCUT2D eigenvalue weighted by Gasteiger charge is 2.56. The Bertz CT molecular complexity index is 1690. The fourth-order valence-corrected chi connectivity index (χ4v) is 7.77. The quantitative estimate of drug-likeness (QED) is 0.347. The summed E-state index contributed by atoms with van der Waals surface area (Å²) >= 11 is 0. The van der Waals surface area contributed by atoms with Gasteiger partial charge in [-0.3, -0.25) is 4.79 Å². The van der Waals surface area contributed by atoms with E-state index in [1.807, 2.05) is 52.0 Å². The van der Waals surface area contributed by atoms with Gasteiger partial charge >= 0.3 is 5.97 Å². The molecule has 38 heavy (non-hydrogen) atoms. The number of cyclic esters (lactones) is 1. The fourth-order valence-electron chi connectivity index (χ4n) is 6.58. The highest BCUT2D eigenvalue weighted by Crippen LogP contribution is 2.53. The van der Waals surface area contributed by atoms with E-state index in [9.17, 15) is 18.0 Å². The van der Waals surface area contributed by atoms with Crippen molar-refractivity contribution in [2.45, 2.75) is 71.4 Å². The van der Waals surface area contributed by atoms with Crippen LogP contribution in [0, 0.1) is 0 Å². The number of ether oxygens (including phenoxy) is 2. The number of sulfonamides is 1. The molecule has 0 saturated heterocycles. The molecule has 0 bridgehead atoms. The summed E-state index contributed by atoms with van der Waals surface area (Å²) in [5.74, 6) is -0.456. The molecule has 1 aromatic carbocycles. The largest absolute Gasteiger partial charge is 0.458 e. The molecule has 0 fully saturated rings. The second-order valence-electron chi connectivity index (χ2n) is 10.7. The van der Waals surface area contributed by atoms with Crippen LogP contribution in [0.5, 0.6) is 0 Å². The lowest BCUT2D eigenvalue weighted by Gasteiger charge is -2.31. The van der Waals surface area contributed by atoms with Crippen LogP contribution in [0.2, 0.25) is 0 Å². The van der Waals surface area contributed by atoms with E-state index in [4.69, 9.17) is 14.5 Å². The van der Waals surface area contributed by atoms with E-state index in [1.54, 1.807) is 4.57 Å². The molecule has 0 radical (unpaired) electrons. The van der Waals surface area contributed by atoms with Crippen LogP contribution in [-0.4, -0.2) is 47.1 Å². The second-order valence-corrected chi connectivity index (χ2v) is 12.6. The van der Waals surface area contributed by atoms with Gasteiger partial charge in [-0.05, 0) is 45.2 Å². The molecular weight excluding hydrogens is 506 g/mol. The molecule has 9 nitrogen and oxygen atoms in total. The van der Waals surface area contributed by atoms with Gasteiger partial charge in [-0.2, -0.15) is 4.31 Å². The number of aromatic nitrogens is 2. The molecule has 2 atom stereocenters. The van der Waals surface area contributed by atoms with Gasteiger partial charge < -0.3 is 14.0 Å². The Labute approximate surface area is 221 Å². The summed E-state index contributed by atoms with van der Waals surface area (Å²) in [6, 6.07) is 7.60. The molecule has 6 rings (SSSR count). The summed E-state index contributed by atoms with van der Waals surface area (Å²) in [5.41, 5.74) is 4.51. The number of esters is 1. The molecule has 2 aromatic heterocycles. The van der Waals surface area contributed by atoms with Crippen molar-refractivity contribution >= 4 is 26.9 Å². The van der Waals surface area contributed by atoms with Crippen molar-refractivity contribution in [2.75, 3.05) is 12.8 Å². The number of hydrogen-bond acceptors (Lipinski definition) is 7. The number of carbonyl (C=O) groups is 1. The third-order valence-electron chi connectivity index (χ3n) is 8.20. The average molecular weight is 538 g/mol. The van der Waals surface area contributed by atoms with Crippen molar-refractivity contribution in [1.82, 2.24) is 13.9 Å². The van der Waals surface area contributed by atoms with Gasteiger partial charge in [-0.15, -0.1) is 0 Å². The van der Waals surface area contributed by atoms with Crippen LogP contribution >= 0.6 is 0 Å². The smallest absolute Gasteiger partial charge is 0.343 e. The van der Waals surface area contributed by atoms with Crippen LogP contribution in [0.3, 0.4) is 0 Å². The number of nitrogens with zero attached hydrogens (tertiary/aromatic N) is 3. The predicted octanol–water partition coefficient (Wildman–Crippen LogP) is 3.39. The van der Waals surface area contributed by atoms with Crippen molar-refractivity contribution in [3.63, 3.8) is 0 Å². The minimum atomic E-state index is -3.40. The molecule has 200 valence electrons. The zero-order valence-electron chi connectivity index (χ0n) is 22.2. The van der Waals surface area contributed by atoms with E-state index in [-0.39, 0.29) is 18.2 Å². The molecule has 5 heterocycles. The molecule has 10 heteroatoms. The number of pyridine rings is 2. The van der Waals surface area contributed by atoms with Crippen LogP contribution in [0.15, 0.2) is 29.1 Å². The summed E-state index contributed by atoms with van der Waals surface area (Å²) in [4.78, 5) is 31.9. The lowest BCUT2D eigenvalue weighted by atomic mass is 9.83. The monoisotopic (exact) mass is 537 g/mol. The van der Waals surface area contributed by atoms with Gasteiger partial charge in [0.1, 0.15) is 6.61 Å². The van der Waals surface area contributed by atoms with Crippen molar-refractivity contribution in [2.24, 2.45) is 0 Å². The molecular formula is C28H31N3O6S. The van der Waals surface area contributed by atoms with Gasteiger partial charge in [0.05, 0.1) is 41.4 Å². The van der Waals surface area contributed by atoms with E-state index >= 15 is 0 Å². The predicted molar refractivity (Wildman–Crippen MR) is 142 cm³/mol. The van der Waals surface area contributed by atoms with Gasteiger partial charge in [-0.25, -0.2) is 18.2 Å².